The van der Waals surface area contributed by atoms with E-state index in [1.54, 1.807) is 37.4 Å². The molecule has 308 valence electrons. The van der Waals surface area contributed by atoms with E-state index in [4.69, 9.17) is 22.7 Å². The average Bonchev–Trinajstić information content (AvgIpc) is 3.66. The van der Waals surface area contributed by atoms with Crippen LogP contribution < -0.4 is 42.4 Å². The molecule has 1 aromatic carbocycles. The summed E-state index contributed by atoms with van der Waals surface area (Å²) >= 11 is 6.62. The van der Waals surface area contributed by atoms with E-state index in [0.717, 1.165) is 0 Å². The molecule has 2 aromatic rings. The Morgan fingerprint density at radius 1 is 1.00 bits per heavy atom. The van der Waals surface area contributed by atoms with Gasteiger partial charge < -0.3 is 47.4 Å². The minimum Gasteiger partial charge on any atom is -0.494 e. The van der Waals surface area contributed by atoms with Crippen LogP contribution in [0.3, 0.4) is 0 Å². The summed E-state index contributed by atoms with van der Waals surface area (Å²) in [6.07, 6.45) is 7.48. The number of primary amides is 1. The number of nitrogens with zero attached hydrogens (tertiary/aromatic N) is 1. The van der Waals surface area contributed by atoms with Gasteiger partial charge in [-0.25, -0.2) is 4.98 Å². The molecule has 18 heteroatoms. The molecule has 3 heterocycles. The van der Waals surface area contributed by atoms with E-state index in [0.29, 0.717) is 66.6 Å². The van der Waals surface area contributed by atoms with Gasteiger partial charge in [-0.2, -0.15) is 11.8 Å². The lowest BCUT2D eigenvalue weighted by Gasteiger charge is -2.27. The zero-order chi connectivity index (χ0) is 41.0. The van der Waals surface area contributed by atoms with Crippen molar-refractivity contribution in [1.82, 2.24) is 41.9 Å². The van der Waals surface area contributed by atoms with Crippen LogP contribution in [0.5, 0.6) is 5.75 Å². The molecule has 1 aromatic heterocycles. The highest BCUT2D eigenvalue weighted by atomic mass is 32.2. The van der Waals surface area contributed by atoms with E-state index in [-0.39, 0.29) is 43.9 Å². The van der Waals surface area contributed by atoms with Crippen molar-refractivity contribution in [3.05, 3.63) is 48.0 Å². The van der Waals surface area contributed by atoms with Crippen molar-refractivity contribution in [2.45, 2.75) is 109 Å². The molecule has 2 aliphatic rings. The summed E-state index contributed by atoms with van der Waals surface area (Å²) in [5.74, 6) is -2.28. The number of aromatic nitrogens is 2. The lowest BCUT2D eigenvalue weighted by atomic mass is 10.0. The van der Waals surface area contributed by atoms with Crippen molar-refractivity contribution in [3.63, 3.8) is 0 Å². The standard InChI is InChI=1S/C38H57N9O7S2/c1-23(2)18-30(36(51)44-28(34(39)49)14-17-56-4)46-35(50)29(8-5-6-15-41-24(3)55)45-37(52)31-19-25-10-12-27(13-11-25)54-16-7-9-33(48)43-32(38(53)47-31)20-26-21-40-22-42-26/h10-13,21-23,28-32H,5-9,14-20H2,1-4H3,(H2,39,49)(H,40,42)(H,41,55)(H,43,48)(H,44,51)(H,45,52)(H,46,50)(H,47,53)/t28-,29-,30-,31-,32-/m0/s1. The van der Waals surface area contributed by atoms with Gasteiger partial charge in [0, 0.05) is 37.7 Å². The molecule has 9 N–H and O–H groups in total. The summed E-state index contributed by atoms with van der Waals surface area (Å²) in [6.45, 7) is 6.41. The lowest BCUT2D eigenvalue weighted by molar-refractivity contribution is -0.135. The molecule has 2 aliphatic heterocycles. The van der Waals surface area contributed by atoms with E-state index >= 15 is 0 Å². The van der Waals surface area contributed by atoms with Crippen molar-refractivity contribution >= 4 is 64.4 Å². The molecular weight excluding hydrogens is 759 g/mol. The number of nitrogens with two attached hydrogens (primary N) is 1. The largest absolute Gasteiger partial charge is 0.494 e. The summed E-state index contributed by atoms with van der Waals surface area (Å²) in [5.41, 5.74) is 6.89. The van der Waals surface area contributed by atoms with Gasteiger partial charge in [-0.3, -0.25) is 28.8 Å². The third-order valence-electron chi connectivity index (χ3n) is 8.98. The van der Waals surface area contributed by atoms with Crippen LogP contribution in [-0.2, 0) is 41.6 Å². The number of imidazole rings is 1. The Morgan fingerprint density at radius 3 is 2.36 bits per heavy atom. The molecule has 5 atom stereocenters. The number of amides is 6. The van der Waals surface area contributed by atoms with Crippen LogP contribution in [0.1, 0.15) is 77.0 Å². The number of carbonyl (C=O) groups is 6. The van der Waals surface area contributed by atoms with Gasteiger partial charge in [0.25, 0.3) is 0 Å². The monoisotopic (exact) mass is 815 g/mol. The SMILES string of the molecule is CSCC[C@H](NC(=O)[C@H](CC(C)C)NC(=O)[C@H](CCCCNC(C)=S)NC(=O)[C@@H]1Cc2ccc(cc2)OCCCC(=O)N[C@@H](Cc2cnc[nH]2)C(=O)N1)C(N)=O. The predicted molar refractivity (Wildman–Crippen MR) is 219 cm³/mol. The molecule has 0 radical (unpaired) electrons. The fourth-order valence-corrected chi connectivity index (χ4v) is 6.58. The van der Waals surface area contributed by atoms with Gasteiger partial charge in [0.05, 0.1) is 17.9 Å². The van der Waals surface area contributed by atoms with Gasteiger partial charge in [-0.05, 0) is 81.1 Å². The molecule has 0 spiro atoms. The predicted octanol–water partition coefficient (Wildman–Crippen LogP) is 1.18. The zero-order valence-electron chi connectivity index (χ0n) is 32.6. The minimum absolute atomic E-state index is 0.0162. The first kappa shape index (κ1) is 45.7. The Balaban J connectivity index is 1.90. The number of rotatable bonds is 19. The topological polar surface area (TPSA) is 239 Å². The quantitative estimate of drug-likeness (QED) is 0.0741. The number of benzene rings is 1. The van der Waals surface area contributed by atoms with Gasteiger partial charge >= 0.3 is 0 Å². The van der Waals surface area contributed by atoms with Crippen LogP contribution >= 0.6 is 24.0 Å². The fourth-order valence-electron chi connectivity index (χ4n) is 6.00. The smallest absolute Gasteiger partial charge is 0.243 e. The second-order valence-corrected chi connectivity index (χ2v) is 15.8. The Hall–Kier alpha value is -4.71. The molecule has 0 aliphatic carbocycles. The van der Waals surface area contributed by atoms with E-state index in [1.165, 1.54) is 18.1 Å². The molecule has 0 fully saturated rings. The molecule has 0 saturated heterocycles. The number of hydrogen-bond donors (Lipinski definition) is 8. The summed E-state index contributed by atoms with van der Waals surface area (Å²) in [6, 6.07) is 1.82. The Morgan fingerprint density at radius 2 is 1.71 bits per heavy atom. The molecule has 0 saturated carbocycles. The number of nitrogens with one attached hydrogen (secondary N) is 7. The number of thioether (sulfide) groups is 1. The van der Waals surface area contributed by atoms with Crippen LogP contribution in [-0.4, -0.2) is 106 Å². The van der Waals surface area contributed by atoms with Crippen LogP contribution in [0, 0.1) is 5.92 Å². The van der Waals surface area contributed by atoms with Crippen LogP contribution in [0.15, 0.2) is 36.8 Å². The second-order valence-electron chi connectivity index (χ2n) is 14.2. The van der Waals surface area contributed by atoms with E-state index in [1.807, 2.05) is 20.1 Å². The zero-order valence-corrected chi connectivity index (χ0v) is 34.2. The number of hydrogen-bond acceptors (Lipinski definition) is 10. The molecule has 2 bridgehead atoms. The van der Waals surface area contributed by atoms with Crippen molar-refractivity contribution in [3.8, 4) is 5.75 Å². The first-order valence-corrected chi connectivity index (χ1v) is 20.8. The summed E-state index contributed by atoms with van der Waals surface area (Å²) in [5, 5.41) is 17.0. The molecule has 6 amide bonds. The van der Waals surface area contributed by atoms with Crippen molar-refractivity contribution in [2.75, 3.05) is 25.2 Å². The minimum atomic E-state index is -1.17. The van der Waals surface area contributed by atoms with Crippen molar-refractivity contribution in [1.29, 1.82) is 0 Å². The maximum Gasteiger partial charge on any atom is 0.243 e. The fraction of sp³-hybridized carbons (Fsp3) is 0.579. The Kier molecular flexibility index (Phi) is 19.6. The summed E-state index contributed by atoms with van der Waals surface area (Å²) in [4.78, 5) is 88.4. The van der Waals surface area contributed by atoms with Crippen molar-refractivity contribution in [2.24, 2.45) is 11.7 Å². The number of aromatic amines is 1. The number of carbonyl (C=O) groups excluding carboxylic acids is 6. The molecule has 56 heavy (non-hydrogen) atoms. The highest BCUT2D eigenvalue weighted by Gasteiger charge is 2.33. The summed E-state index contributed by atoms with van der Waals surface area (Å²) < 4.78 is 5.80. The molecule has 16 nitrogen and oxygen atoms in total. The van der Waals surface area contributed by atoms with E-state index < -0.39 is 59.7 Å². The van der Waals surface area contributed by atoms with Gasteiger partial charge in [0.15, 0.2) is 0 Å². The molecule has 4 rings (SSSR count). The van der Waals surface area contributed by atoms with Gasteiger partial charge in [-0.15, -0.1) is 0 Å². The van der Waals surface area contributed by atoms with E-state index in [2.05, 4.69) is 41.9 Å². The van der Waals surface area contributed by atoms with Crippen molar-refractivity contribution < 1.29 is 33.5 Å². The van der Waals surface area contributed by atoms with Crippen LogP contribution in [0.2, 0.25) is 0 Å². The maximum atomic E-state index is 14.2. The summed E-state index contributed by atoms with van der Waals surface area (Å²) in [7, 11) is 0. The first-order valence-electron chi connectivity index (χ1n) is 19.0. The van der Waals surface area contributed by atoms with Gasteiger partial charge in [-0.1, -0.05) is 38.2 Å². The number of ether oxygens (including phenoxy) is 1. The highest BCUT2D eigenvalue weighted by molar-refractivity contribution is 7.98. The maximum absolute atomic E-state index is 14.2. The van der Waals surface area contributed by atoms with Gasteiger partial charge in [0.2, 0.25) is 35.4 Å². The Labute approximate surface area is 338 Å². The van der Waals surface area contributed by atoms with Crippen LogP contribution in [0.25, 0.3) is 0 Å². The number of H-pyrrole nitrogens is 1. The van der Waals surface area contributed by atoms with E-state index in [9.17, 15) is 28.8 Å². The first-order chi connectivity index (χ1) is 26.7. The third kappa shape index (κ3) is 16.6. The third-order valence-corrected chi connectivity index (χ3v) is 9.77. The Bertz CT molecular complexity index is 1610. The normalized spacial score (nSPS) is 17.8. The number of unbranched alkanes of at least 4 members (excludes halogenated alkanes) is 1. The molecular formula is C38H57N9O7S2. The van der Waals surface area contributed by atoms with Gasteiger partial charge in [0.1, 0.15) is 36.0 Å². The molecule has 0 unspecified atom stereocenters. The number of thiocarbonyl (C=S) groups is 1. The lowest BCUT2D eigenvalue weighted by Crippen LogP contribution is -2.59. The number of fused-ring (bicyclic) bond motifs is 12. The average molecular weight is 816 g/mol. The van der Waals surface area contributed by atoms with Crippen LogP contribution in [0.4, 0.5) is 0 Å². The highest BCUT2D eigenvalue weighted by Crippen LogP contribution is 2.16. The second kappa shape index (κ2) is 24.0.